The minimum absolute atomic E-state index is 0.00186. The zero-order valence-corrected chi connectivity index (χ0v) is 19.5. The fourth-order valence-electron chi connectivity index (χ4n) is 3.70. The number of amides is 1. The maximum Gasteiger partial charge on any atom is 0.246 e. The van der Waals surface area contributed by atoms with Crippen molar-refractivity contribution in [1.82, 2.24) is 4.90 Å². The lowest BCUT2D eigenvalue weighted by molar-refractivity contribution is -0.126. The number of rotatable bonds is 7. The molecule has 1 heterocycles. The molecule has 1 aliphatic heterocycles. The molecule has 2 aromatic carbocycles. The average molecular weight is 443 g/mol. The van der Waals surface area contributed by atoms with Crippen molar-refractivity contribution in [3.8, 4) is 11.5 Å². The summed E-state index contributed by atoms with van der Waals surface area (Å²) in [6.07, 6.45) is 4.26. The summed E-state index contributed by atoms with van der Waals surface area (Å²) in [4.78, 5) is 17.0. The van der Waals surface area contributed by atoms with Crippen LogP contribution in [0.5, 0.6) is 11.5 Å². The second-order valence-corrected chi connectivity index (χ2v) is 8.15. The van der Waals surface area contributed by atoms with E-state index in [0.717, 1.165) is 25.1 Å². The molecule has 1 amide bonds. The zero-order valence-electron chi connectivity index (χ0n) is 18.8. The van der Waals surface area contributed by atoms with E-state index < -0.39 is 0 Å². The Morgan fingerprint density at radius 3 is 2.58 bits per heavy atom. The Morgan fingerprint density at radius 1 is 1.16 bits per heavy atom. The van der Waals surface area contributed by atoms with E-state index in [1.807, 2.05) is 17.9 Å². The summed E-state index contributed by atoms with van der Waals surface area (Å²) < 4.78 is 11.1. The van der Waals surface area contributed by atoms with Crippen molar-refractivity contribution in [3.05, 3.63) is 58.1 Å². The molecule has 0 aromatic heterocycles. The second kappa shape index (κ2) is 10.6. The third kappa shape index (κ3) is 5.53. The monoisotopic (exact) mass is 442 g/mol. The standard InChI is InChI=1S/C25H31ClN2O3/c1-5-15-31-25-21(26)16-20(17-23(25)30-4)9-10-24(29)28-13-11-27(12-14-28)22-8-6-7-18(2)19(22)3/h6-10,16-17H,5,11-15H2,1-4H3. The molecule has 5 nitrogen and oxygen atoms in total. The predicted molar refractivity (Wildman–Crippen MR) is 128 cm³/mol. The number of hydrogen-bond acceptors (Lipinski definition) is 4. The quantitative estimate of drug-likeness (QED) is 0.558. The van der Waals surface area contributed by atoms with Crippen molar-refractivity contribution in [3.63, 3.8) is 0 Å². The first-order valence-corrected chi connectivity index (χ1v) is 11.1. The molecule has 31 heavy (non-hydrogen) atoms. The molecule has 0 atom stereocenters. The first-order valence-electron chi connectivity index (χ1n) is 10.7. The smallest absolute Gasteiger partial charge is 0.246 e. The molecule has 0 N–H and O–H groups in total. The molecule has 2 aromatic rings. The van der Waals surface area contributed by atoms with Crippen LogP contribution in [0.4, 0.5) is 5.69 Å². The average Bonchev–Trinajstić information content (AvgIpc) is 2.78. The Labute approximate surface area is 190 Å². The summed E-state index contributed by atoms with van der Waals surface area (Å²) in [6.45, 7) is 9.94. The van der Waals surface area contributed by atoms with Gasteiger partial charge < -0.3 is 19.3 Å². The predicted octanol–water partition coefficient (Wildman–Crippen LogP) is 5.12. The van der Waals surface area contributed by atoms with E-state index in [1.165, 1.54) is 16.8 Å². The minimum atomic E-state index is 0.00186. The topological polar surface area (TPSA) is 42.0 Å². The molecule has 0 radical (unpaired) electrons. The minimum Gasteiger partial charge on any atom is -0.493 e. The number of hydrogen-bond donors (Lipinski definition) is 0. The number of piperazine rings is 1. The third-order valence-corrected chi connectivity index (χ3v) is 5.91. The Bertz CT molecular complexity index is 950. The Hall–Kier alpha value is -2.66. The van der Waals surface area contributed by atoms with Gasteiger partial charge in [0.1, 0.15) is 0 Å². The molecule has 0 aliphatic carbocycles. The van der Waals surface area contributed by atoms with Gasteiger partial charge in [-0.25, -0.2) is 0 Å². The van der Waals surface area contributed by atoms with E-state index >= 15 is 0 Å². The number of methoxy groups -OCH3 is 1. The first kappa shape index (κ1) is 23.0. The second-order valence-electron chi connectivity index (χ2n) is 7.75. The summed E-state index contributed by atoms with van der Waals surface area (Å²) in [6, 6.07) is 10.0. The Kier molecular flexibility index (Phi) is 7.85. The van der Waals surface area contributed by atoms with Crippen molar-refractivity contribution in [2.75, 3.05) is 44.8 Å². The lowest BCUT2D eigenvalue weighted by Gasteiger charge is -2.36. The maximum atomic E-state index is 12.7. The van der Waals surface area contributed by atoms with Crippen LogP contribution in [-0.4, -0.2) is 50.7 Å². The van der Waals surface area contributed by atoms with Crippen LogP contribution >= 0.6 is 11.6 Å². The molecule has 166 valence electrons. The molecule has 0 saturated carbocycles. The van der Waals surface area contributed by atoms with Crippen molar-refractivity contribution in [1.29, 1.82) is 0 Å². The summed E-state index contributed by atoms with van der Waals surface area (Å²) in [5.74, 6) is 1.11. The van der Waals surface area contributed by atoms with Gasteiger partial charge in [-0.1, -0.05) is 30.7 Å². The molecular formula is C25H31ClN2O3. The molecule has 1 aliphatic rings. The van der Waals surface area contributed by atoms with Gasteiger partial charge in [-0.2, -0.15) is 0 Å². The van der Waals surface area contributed by atoms with Gasteiger partial charge in [0.25, 0.3) is 0 Å². The van der Waals surface area contributed by atoms with Crippen LogP contribution in [0.15, 0.2) is 36.4 Å². The van der Waals surface area contributed by atoms with Crippen molar-refractivity contribution in [2.24, 2.45) is 0 Å². The SMILES string of the molecule is CCCOc1c(Cl)cc(C=CC(=O)N2CCN(c3cccc(C)c3C)CC2)cc1OC. The van der Waals surface area contributed by atoms with Gasteiger partial charge in [-0.15, -0.1) is 0 Å². The molecular weight excluding hydrogens is 412 g/mol. The van der Waals surface area contributed by atoms with Crippen LogP contribution in [0.2, 0.25) is 5.02 Å². The van der Waals surface area contributed by atoms with Gasteiger partial charge in [-0.05, 0) is 61.2 Å². The van der Waals surface area contributed by atoms with Crippen LogP contribution in [-0.2, 0) is 4.79 Å². The highest BCUT2D eigenvalue weighted by molar-refractivity contribution is 6.32. The summed E-state index contributed by atoms with van der Waals surface area (Å²) in [5.41, 5.74) is 4.65. The van der Waals surface area contributed by atoms with Gasteiger partial charge in [0.15, 0.2) is 11.5 Å². The molecule has 6 heteroatoms. The molecule has 1 saturated heterocycles. The van der Waals surface area contributed by atoms with Crippen LogP contribution in [0.3, 0.4) is 0 Å². The summed E-state index contributed by atoms with van der Waals surface area (Å²) in [7, 11) is 1.58. The lowest BCUT2D eigenvalue weighted by atomic mass is 10.1. The first-order chi connectivity index (χ1) is 14.9. The number of halogens is 1. The van der Waals surface area contributed by atoms with Gasteiger partial charge in [0, 0.05) is 37.9 Å². The van der Waals surface area contributed by atoms with E-state index in [9.17, 15) is 4.79 Å². The van der Waals surface area contributed by atoms with E-state index in [1.54, 1.807) is 25.3 Å². The highest BCUT2D eigenvalue weighted by Crippen LogP contribution is 2.37. The van der Waals surface area contributed by atoms with Crippen molar-refractivity contribution >= 4 is 29.3 Å². The molecule has 0 bridgehead atoms. The van der Waals surface area contributed by atoms with E-state index in [2.05, 4.69) is 36.9 Å². The van der Waals surface area contributed by atoms with Crippen molar-refractivity contribution in [2.45, 2.75) is 27.2 Å². The fourth-order valence-corrected chi connectivity index (χ4v) is 3.97. The van der Waals surface area contributed by atoms with Gasteiger partial charge in [0.2, 0.25) is 5.91 Å². The largest absolute Gasteiger partial charge is 0.493 e. The van der Waals surface area contributed by atoms with Gasteiger partial charge >= 0.3 is 0 Å². The molecule has 0 unspecified atom stereocenters. The summed E-state index contributed by atoms with van der Waals surface area (Å²) in [5, 5.41) is 0.474. The Morgan fingerprint density at radius 2 is 1.90 bits per heavy atom. The summed E-state index contributed by atoms with van der Waals surface area (Å²) >= 11 is 6.37. The number of aryl methyl sites for hydroxylation is 1. The van der Waals surface area contributed by atoms with E-state index in [0.29, 0.717) is 36.2 Å². The van der Waals surface area contributed by atoms with E-state index in [-0.39, 0.29) is 5.91 Å². The van der Waals surface area contributed by atoms with Crippen LogP contribution in [0.25, 0.3) is 6.08 Å². The zero-order chi connectivity index (χ0) is 22.4. The van der Waals surface area contributed by atoms with Crippen LogP contribution in [0.1, 0.15) is 30.0 Å². The number of ether oxygens (including phenoxy) is 2. The number of carbonyl (C=O) groups is 1. The normalized spacial score (nSPS) is 14.2. The molecule has 1 fully saturated rings. The third-order valence-electron chi connectivity index (χ3n) is 5.63. The van der Waals surface area contributed by atoms with Crippen LogP contribution in [0, 0.1) is 13.8 Å². The fraction of sp³-hybridized carbons (Fsp3) is 0.400. The number of benzene rings is 2. The highest BCUT2D eigenvalue weighted by Gasteiger charge is 2.21. The van der Waals surface area contributed by atoms with Crippen LogP contribution < -0.4 is 14.4 Å². The Balaban J connectivity index is 1.63. The van der Waals surface area contributed by atoms with Crippen molar-refractivity contribution < 1.29 is 14.3 Å². The maximum absolute atomic E-state index is 12.7. The van der Waals surface area contributed by atoms with E-state index in [4.69, 9.17) is 21.1 Å². The number of anilines is 1. The molecule has 3 rings (SSSR count). The molecule has 0 spiro atoms. The van der Waals surface area contributed by atoms with Gasteiger partial charge in [-0.3, -0.25) is 4.79 Å². The number of nitrogens with zero attached hydrogens (tertiary/aromatic N) is 2. The van der Waals surface area contributed by atoms with Gasteiger partial charge in [0.05, 0.1) is 18.7 Å². The number of carbonyl (C=O) groups excluding carboxylic acids is 1. The highest BCUT2D eigenvalue weighted by atomic mass is 35.5. The lowest BCUT2D eigenvalue weighted by Crippen LogP contribution is -2.48.